The Balaban J connectivity index is 0.00000420. The Kier molecular flexibility index (Phi) is 12.1. The summed E-state index contributed by atoms with van der Waals surface area (Å²) in [5, 5.41) is 6.65. The topological polar surface area (TPSA) is 85.8 Å². The quantitative estimate of drug-likeness (QED) is 0.195. The fourth-order valence-electron chi connectivity index (χ4n) is 3.32. The third-order valence-electron chi connectivity index (χ3n) is 5.16. The average molecular weight is 538 g/mol. The standard InChI is InChI=1S/C20H35N5O2S.HI/c1-17-8-12-25(13-9-17)11-5-10-23-20(21-2)24-15-18-6-4-7-19(14-18)16-28(26,27)22-3;/h4,6-7,14,17,22H,5,8-13,15-16H2,1-3H3,(H2,21,23,24);1H. The Labute approximate surface area is 193 Å². The molecule has 166 valence electrons. The van der Waals surface area contributed by atoms with Crippen LogP contribution < -0.4 is 15.4 Å². The van der Waals surface area contributed by atoms with E-state index in [0.717, 1.165) is 42.5 Å². The first-order valence-electron chi connectivity index (χ1n) is 10.1. The lowest BCUT2D eigenvalue weighted by Crippen LogP contribution is -2.39. The number of rotatable bonds is 9. The van der Waals surface area contributed by atoms with Crippen molar-refractivity contribution in [2.75, 3.05) is 40.3 Å². The van der Waals surface area contributed by atoms with Crippen LogP contribution in [-0.4, -0.2) is 59.6 Å². The number of sulfonamides is 1. The molecule has 1 aromatic carbocycles. The highest BCUT2D eigenvalue weighted by atomic mass is 127. The van der Waals surface area contributed by atoms with E-state index in [0.29, 0.717) is 6.54 Å². The minimum absolute atomic E-state index is 0. The van der Waals surface area contributed by atoms with Gasteiger partial charge in [-0.2, -0.15) is 0 Å². The Bertz CT molecular complexity index is 734. The lowest BCUT2D eigenvalue weighted by atomic mass is 9.99. The van der Waals surface area contributed by atoms with E-state index in [1.807, 2.05) is 24.3 Å². The van der Waals surface area contributed by atoms with Gasteiger partial charge in [-0.25, -0.2) is 13.1 Å². The minimum atomic E-state index is -3.26. The summed E-state index contributed by atoms with van der Waals surface area (Å²) in [6.45, 7) is 7.37. The summed E-state index contributed by atoms with van der Waals surface area (Å²) in [6.07, 6.45) is 3.71. The Morgan fingerprint density at radius 3 is 2.55 bits per heavy atom. The van der Waals surface area contributed by atoms with Crippen molar-refractivity contribution in [3.05, 3.63) is 35.4 Å². The molecule has 0 bridgehead atoms. The van der Waals surface area contributed by atoms with Gasteiger partial charge in [-0.3, -0.25) is 4.99 Å². The van der Waals surface area contributed by atoms with Crippen molar-refractivity contribution in [2.45, 2.75) is 38.5 Å². The molecule has 1 aliphatic rings. The highest BCUT2D eigenvalue weighted by Gasteiger charge is 2.14. The first-order valence-corrected chi connectivity index (χ1v) is 11.7. The fourth-order valence-corrected chi connectivity index (χ4v) is 4.09. The van der Waals surface area contributed by atoms with E-state index in [1.54, 1.807) is 7.05 Å². The van der Waals surface area contributed by atoms with Crippen LogP contribution >= 0.6 is 24.0 Å². The molecule has 0 saturated carbocycles. The van der Waals surface area contributed by atoms with Crippen LogP contribution in [0, 0.1) is 5.92 Å². The highest BCUT2D eigenvalue weighted by molar-refractivity contribution is 14.0. The summed E-state index contributed by atoms with van der Waals surface area (Å²) >= 11 is 0. The number of hydrogen-bond acceptors (Lipinski definition) is 4. The number of benzene rings is 1. The highest BCUT2D eigenvalue weighted by Crippen LogP contribution is 2.15. The van der Waals surface area contributed by atoms with E-state index < -0.39 is 10.0 Å². The second kappa shape index (κ2) is 13.4. The Hall–Kier alpha value is -0.910. The summed E-state index contributed by atoms with van der Waals surface area (Å²) in [5.41, 5.74) is 1.79. The number of nitrogens with one attached hydrogen (secondary N) is 3. The molecule has 0 amide bonds. The molecule has 7 nitrogen and oxygen atoms in total. The van der Waals surface area contributed by atoms with Crippen molar-refractivity contribution in [1.82, 2.24) is 20.3 Å². The van der Waals surface area contributed by atoms with Crippen LogP contribution in [0.2, 0.25) is 0 Å². The van der Waals surface area contributed by atoms with E-state index in [1.165, 1.54) is 33.0 Å². The number of halogens is 1. The molecule has 1 saturated heterocycles. The molecule has 0 radical (unpaired) electrons. The zero-order chi connectivity index (χ0) is 20.4. The molecule has 1 heterocycles. The van der Waals surface area contributed by atoms with Gasteiger partial charge < -0.3 is 15.5 Å². The number of likely N-dealkylation sites (tertiary alicyclic amines) is 1. The molecule has 0 aliphatic carbocycles. The normalized spacial score (nSPS) is 16.3. The van der Waals surface area contributed by atoms with E-state index in [-0.39, 0.29) is 29.7 Å². The van der Waals surface area contributed by atoms with Crippen LogP contribution in [0.5, 0.6) is 0 Å². The van der Waals surface area contributed by atoms with Crippen molar-refractivity contribution >= 4 is 40.0 Å². The summed E-state index contributed by atoms with van der Waals surface area (Å²) in [6, 6.07) is 7.60. The van der Waals surface area contributed by atoms with Crippen molar-refractivity contribution < 1.29 is 8.42 Å². The molecule has 2 rings (SSSR count). The molecule has 0 atom stereocenters. The van der Waals surface area contributed by atoms with Crippen molar-refractivity contribution in [3.8, 4) is 0 Å². The summed E-state index contributed by atoms with van der Waals surface area (Å²) < 4.78 is 25.8. The molecule has 0 aromatic heterocycles. The van der Waals surface area contributed by atoms with Crippen LogP contribution in [0.4, 0.5) is 0 Å². The summed E-state index contributed by atoms with van der Waals surface area (Å²) in [7, 11) is -0.0693. The first kappa shape index (κ1) is 26.1. The van der Waals surface area contributed by atoms with Gasteiger partial charge in [0.05, 0.1) is 5.75 Å². The van der Waals surface area contributed by atoms with Gasteiger partial charge in [-0.15, -0.1) is 24.0 Å². The van der Waals surface area contributed by atoms with E-state index in [4.69, 9.17) is 0 Å². The predicted octanol–water partition coefficient (Wildman–Crippen LogP) is 2.14. The largest absolute Gasteiger partial charge is 0.356 e. The number of aliphatic imine (C=N–C) groups is 1. The van der Waals surface area contributed by atoms with Gasteiger partial charge in [0.1, 0.15) is 0 Å². The SMILES string of the molecule is CN=C(NCCCN1CCC(C)CC1)NCc1cccc(CS(=O)(=O)NC)c1.I. The van der Waals surface area contributed by atoms with Gasteiger partial charge in [0, 0.05) is 20.1 Å². The summed E-state index contributed by atoms with van der Waals surface area (Å²) in [5.74, 6) is 1.62. The third kappa shape index (κ3) is 10.1. The van der Waals surface area contributed by atoms with Crippen LogP contribution in [0.25, 0.3) is 0 Å². The van der Waals surface area contributed by atoms with Gasteiger partial charge in [0.2, 0.25) is 10.0 Å². The second-order valence-electron chi connectivity index (χ2n) is 7.51. The maximum atomic E-state index is 11.7. The molecular formula is C20H36IN5O2S. The minimum Gasteiger partial charge on any atom is -0.356 e. The maximum Gasteiger partial charge on any atom is 0.215 e. The smallest absolute Gasteiger partial charge is 0.215 e. The lowest BCUT2D eigenvalue weighted by molar-refractivity contribution is 0.191. The second-order valence-corrected chi connectivity index (χ2v) is 9.44. The monoisotopic (exact) mass is 537 g/mol. The van der Waals surface area contributed by atoms with Crippen LogP contribution in [-0.2, 0) is 22.3 Å². The maximum absolute atomic E-state index is 11.7. The third-order valence-corrected chi connectivity index (χ3v) is 6.50. The molecule has 1 aliphatic heterocycles. The summed E-state index contributed by atoms with van der Waals surface area (Å²) in [4.78, 5) is 6.81. The number of piperidine rings is 1. The number of hydrogen-bond donors (Lipinski definition) is 3. The molecule has 9 heteroatoms. The first-order chi connectivity index (χ1) is 13.4. The van der Waals surface area contributed by atoms with Crippen molar-refractivity contribution in [1.29, 1.82) is 0 Å². The molecule has 1 aromatic rings. The molecule has 0 unspecified atom stereocenters. The van der Waals surface area contributed by atoms with E-state index in [2.05, 4.69) is 32.2 Å². The molecule has 1 fully saturated rings. The number of guanidine groups is 1. The molecule has 29 heavy (non-hydrogen) atoms. The van der Waals surface area contributed by atoms with Gasteiger partial charge in [0.25, 0.3) is 0 Å². The van der Waals surface area contributed by atoms with Gasteiger partial charge in [-0.1, -0.05) is 31.2 Å². The van der Waals surface area contributed by atoms with Crippen molar-refractivity contribution in [3.63, 3.8) is 0 Å². The van der Waals surface area contributed by atoms with Crippen molar-refractivity contribution in [2.24, 2.45) is 10.9 Å². The van der Waals surface area contributed by atoms with Gasteiger partial charge in [0.15, 0.2) is 5.96 Å². The Morgan fingerprint density at radius 2 is 1.90 bits per heavy atom. The Morgan fingerprint density at radius 1 is 1.21 bits per heavy atom. The van der Waals surface area contributed by atoms with Crippen LogP contribution in [0.3, 0.4) is 0 Å². The number of nitrogens with zero attached hydrogens (tertiary/aromatic N) is 2. The van der Waals surface area contributed by atoms with Gasteiger partial charge >= 0.3 is 0 Å². The van der Waals surface area contributed by atoms with E-state index in [9.17, 15) is 8.42 Å². The molecule has 0 spiro atoms. The average Bonchev–Trinajstić information content (AvgIpc) is 2.69. The van der Waals surface area contributed by atoms with E-state index >= 15 is 0 Å². The van der Waals surface area contributed by atoms with Crippen LogP contribution in [0.15, 0.2) is 29.3 Å². The zero-order valence-electron chi connectivity index (χ0n) is 17.8. The fraction of sp³-hybridized carbons (Fsp3) is 0.650. The van der Waals surface area contributed by atoms with Crippen LogP contribution in [0.1, 0.15) is 37.3 Å². The zero-order valence-corrected chi connectivity index (χ0v) is 20.9. The molecular weight excluding hydrogens is 501 g/mol. The van der Waals surface area contributed by atoms with Gasteiger partial charge in [-0.05, 0) is 63.0 Å². The predicted molar refractivity (Wildman–Crippen MR) is 131 cm³/mol. The molecule has 3 N–H and O–H groups in total. The lowest BCUT2D eigenvalue weighted by Gasteiger charge is -2.30.